The molecule has 6 heteroatoms. The number of hydrogen-bond donors (Lipinski definition) is 2. The molecular weight excluding hydrogens is 250 g/mol. The number of halogens is 1. The van der Waals surface area contributed by atoms with Crippen molar-refractivity contribution in [1.82, 2.24) is 5.32 Å². The van der Waals surface area contributed by atoms with Gasteiger partial charge in [0, 0.05) is 12.5 Å². The van der Waals surface area contributed by atoms with E-state index in [0.29, 0.717) is 0 Å². The first-order valence-corrected chi connectivity index (χ1v) is 3.01. The van der Waals surface area contributed by atoms with Crippen molar-refractivity contribution in [3.05, 3.63) is 7.43 Å². The average molecular weight is 264 g/mol. The Bertz CT molecular complexity index is 139. The fraction of sp³-hybridized carbons (Fsp3) is 0.571. The van der Waals surface area contributed by atoms with E-state index in [0.717, 1.165) is 0 Å². The number of ketones is 1. The minimum atomic E-state index is -1.09. The third-order valence-electron chi connectivity index (χ3n) is 0.964. The molecule has 0 aliphatic carbocycles. The number of carboxylic acid groups (broad SMARTS) is 1. The van der Waals surface area contributed by atoms with E-state index in [2.05, 4.69) is 5.32 Å². The number of Topliss-reactive ketones (excluding diaryl/α,β-unsaturated/α-hetero) is 1. The second-order valence-electron chi connectivity index (χ2n) is 2.26. The molecule has 1 atom stereocenters. The average Bonchev–Trinajstić information content (AvgIpc) is 1.58. The van der Waals surface area contributed by atoms with Gasteiger partial charge in [0.2, 0.25) is 0 Å². The quantitative estimate of drug-likeness (QED) is 0.445. The number of carbonyl (C=O) groups is 2. The molecule has 0 aromatic rings. The first-order chi connectivity index (χ1) is 4.52. The van der Waals surface area contributed by atoms with Crippen LogP contribution in [-0.2, 0) is 4.79 Å². The minimum absolute atomic E-state index is 0. The van der Waals surface area contributed by atoms with Crippen LogP contribution in [0.2, 0.25) is 0 Å². The molecule has 0 saturated carbocycles. The molecule has 0 bridgehead atoms. The molecule has 0 heterocycles. The fourth-order valence-electron chi connectivity index (χ4n) is 0.693. The Hall–Kier alpha value is 0.186. The standard InChI is InChI=1S/C6H11NO3.CH3.BrH.Mg/c1-4(3-5(2)8)7-6(9)10;;;/h4,7H,3H2,1-2H3,(H,9,10);1H3;1H;/q;-1;;+2/p-1/t4-;;;/m1.../s1. The van der Waals surface area contributed by atoms with E-state index in [-0.39, 0.29) is 65.7 Å². The Balaban J connectivity index is -0.000000135. The summed E-state index contributed by atoms with van der Waals surface area (Å²) in [5, 5.41) is 10.3. The SMILES string of the molecule is CC(=O)C[C@@H](C)NC(=O)O.[Br-].[CH3-].[Mg+2]. The van der Waals surface area contributed by atoms with Gasteiger partial charge in [-0.25, -0.2) is 4.79 Å². The predicted octanol–water partition coefficient (Wildman–Crippen LogP) is -2.30. The monoisotopic (exact) mass is 263 g/mol. The van der Waals surface area contributed by atoms with Gasteiger partial charge in [-0.3, -0.25) is 4.79 Å². The summed E-state index contributed by atoms with van der Waals surface area (Å²) in [6.07, 6.45) is -0.833. The molecule has 74 valence electrons. The molecule has 0 aromatic heterocycles. The van der Waals surface area contributed by atoms with Crippen LogP contribution in [0.1, 0.15) is 20.3 Å². The summed E-state index contributed by atoms with van der Waals surface area (Å²) in [5.74, 6) is -0.0127. The summed E-state index contributed by atoms with van der Waals surface area (Å²) >= 11 is 0. The first kappa shape index (κ1) is 23.2. The predicted molar refractivity (Wildman–Crippen MR) is 48.1 cm³/mol. The van der Waals surface area contributed by atoms with Gasteiger partial charge in [-0.05, 0) is 13.8 Å². The van der Waals surface area contributed by atoms with Gasteiger partial charge in [-0.1, -0.05) is 0 Å². The van der Waals surface area contributed by atoms with Crippen molar-refractivity contribution in [3.8, 4) is 0 Å². The number of hydrogen-bond acceptors (Lipinski definition) is 2. The number of nitrogens with one attached hydrogen (secondary N) is 1. The van der Waals surface area contributed by atoms with E-state index < -0.39 is 6.09 Å². The minimum Gasteiger partial charge on any atom is -1.00 e. The maximum absolute atomic E-state index is 10.4. The maximum Gasteiger partial charge on any atom is 2.00 e. The van der Waals surface area contributed by atoms with Crippen molar-refractivity contribution < 1.29 is 31.7 Å². The van der Waals surface area contributed by atoms with E-state index in [1.807, 2.05) is 0 Å². The van der Waals surface area contributed by atoms with Crippen LogP contribution in [0.5, 0.6) is 0 Å². The summed E-state index contributed by atoms with van der Waals surface area (Å²) in [7, 11) is 0. The molecule has 0 aromatic carbocycles. The van der Waals surface area contributed by atoms with Crippen LogP contribution >= 0.6 is 0 Å². The van der Waals surface area contributed by atoms with Crippen molar-refractivity contribution in [2.75, 3.05) is 0 Å². The molecule has 0 aliphatic heterocycles. The van der Waals surface area contributed by atoms with Gasteiger partial charge in [0.15, 0.2) is 0 Å². The van der Waals surface area contributed by atoms with Gasteiger partial charge >= 0.3 is 29.1 Å². The zero-order valence-electron chi connectivity index (χ0n) is 8.13. The Morgan fingerprint density at radius 2 is 1.85 bits per heavy atom. The van der Waals surface area contributed by atoms with Gasteiger partial charge in [-0.15, -0.1) is 0 Å². The normalized spacial score (nSPS) is 9.38. The molecular formula is C7H14BrMgNO3. The summed E-state index contributed by atoms with van der Waals surface area (Å²) in [5.41, 5.74) is 0. The summed E-state index contributed by atoms with van der Waals surface area (Å²) in [4.78, 5) is 20.4. The molecule has 1 amide bonds. The van der Waals surface area contributed by atoms with Gasteiger partial charge in [0.1, 0.15) is 5.78 Å². The zero-order chi connectivity index (χ0) is 8.15. The van der Waals surface area contributed by atoms with E-state index in [1.54, 1.807) is 6.92 Å². The van der Waals surface area contributed by atoms with E-state index in [1.165, 1.54) is 6.92 Å². The first-order valence-electron chi connectivity index (χ1n) is 3.01. The molecule has 0 rings (SSSR count). The van der Waals surface area contributed by atoms with Crippen molar-refractivity contribution in [1.29, 1.82) is 0 Å². The van der Waals surface area contributed by atoms with Gasteiger partial charge in [0.25, 0.3) is 0 Å². The van der Waals surface area contributed by atoms with Crippen molar-refractivity contribution in [3.63, 3.8) is 0 Å². The Morgan fingerprint density at radius 1 is 1.46 bits per heavy atom. The molecule has 0 saturated heterocycles. The van der Waals surface area contributed by atoms with Crippen LogP contribution in [0.3, 0.4) is 0 Å². The molecule has 4 nitrogen and oxygen atoms in total. The molecule has 0 fully saturated rings. The maximum atomic E-state index is 10.4. The van der Waals surface area contributed by atoms with Crippen molar-refractivity contribution in [2.45, 2.75) is 26.3 Å². The molecule has 0 unspecified atom stereocenters. The van der Waals surface area contributed by atoms with Crippen molar-refractivity contribution in [2.24, 2.45) is 0 Å². The van der Waals surface area contributed by atoms with Gasteiger partial charge in [0.05, 0.1) is 0 Å². The zero-order valence-corrected chi connectivity index (χ0v) is 11.1. The third-order valence-corrected chi connectivity index (χ3v) is 0.964. The largest absolute Gasteiger partial charge is 2.00 e. The third kappa shape index (κ3) is 18.9. The molecule has 2 N–H and O–H groups in total. The van der Waals surface area contributed by atoms with Gasteiger partial charge in [-0.2, -0.15) is 0 Å². The molecule has 0 spiro atoms. The van der Waals surface area contributed by atoms with Gasteiger partial charge < -0.3 is 34.8 Å². The van der Waals surface area contributed by atoms with Crippen LogP contribution < -0.4 is 22.3 Å². The molecule has 13 heavy (non-hydrogen) atoms. The Labute approximate surface area is 105 Å². The number of amides is 1. The summed E-state index contributed by atoms with van der Waals surface area (Å²) < 4.78 is 0. The van der Waals surface area contributed by atoms with E-state index >= 15 is 0 Å². The van der Waals surface area contributed by atoms with Crippen LogP contribution in [0.15, 0.2) is 0 Å². The number of rotatable bonds is 3. The van der Waals surface area contributed by atoms with Crippen LogP contribution in [0, 0.1) is 7.43 Å². The molecule has 0 aliphatic rings. The Kier molecular flexibility index (Phi) is 21.8. The second kappa shape index (κ2) is 12.2. The smallest absolute Gasteiger partial charge is 1.00 e. The molecule has 0 radical (unpaired) electrons. The van der Waals surface area contributed by atoms with Crippen LogP contribution in [0.4, 0.5) is 4.79 Å². The summed E-state index contributed by atoms with van der Waals surface area (Å²) in [6, 6.07) is -0.282. The second-order valence-corrected chi connectivity index (χ2v) is 2.26. The Morgan fingerprint density at radius 3 is 2.08 bits per heavy atom. The van der Waals surface area contributed by atoms with E-state index in [9.17, 15) is 9.59 Å². The van der Waals surface area contributed by atoms with Crippen molar-refractivity contribution >= 4 is 34.9 Å². The van der Waals surface area contributed by atoms with E-state index in [4.69, 9.17) is 5.11 Å². The topological polar surface area (TPSA) is 66.4 Å². The number of carbonyl (C=O) groups excluding carboxylic acids is 1. The summed E-state index contributed by atoms with van der Waals surface area (Å²) in [6.45, 7) is 3.08. The fourth-order valence-corrected chi connectivity index (χ4v) is 0.693. The van der Waals surface area contributed by atoms with Crippen LogP contribution in [-0.4, -0.2) is 46.1 Å². The van der Waals surface area contributed by atoms with Crippen LogP contribution in [0.25, 0.3) is 0 Å².